The molecule has 1 aromatic carbocycles. The van der Waals surface area contributed by atoms with Crippen molar-refractivity contribution in [2.75, 3.05) is 6.61 Å². The number of hydrogen-bond donors (Lipinski definition) is 2. The molecule has 0 heterocycles. The van der Waals surface area contributed by atoms with Gasteiger partial charge in [0.05, 0.1) is 30.5 Å². The van der Waals surface area contributed by atoms with E-state index in [2.05, 4.69) is 26.0 Å². The number of phosphoric acid groups is 1. The van der Waals surface area contributed by atoms with E-state index in [1.54, 1.807) is 13.8 Å². The van der Waals surface area contributed by atoms with Crippen molar-refractivity contribution >= 4 is 7.82 Å². The lowest BCUT2D eigenvalue weighted by Crippen LogP contribution is -2.37. The Balaban J connectivity index is 2.49. The van der Waals surface area contributed by atoms with Gasteiger partial charge in [-0.1, -0.05) is 70.6 Å². The van der Waals surface area contributed by atoms with E-state index in [-0.39, 0.29) is 18.3 Å². The lowest BCUT2D eigenvalue weighted by atomic mass is 10.0. The number of phosphoric ester groups is 1. The predicted molar refractivity (Wildman–Crippen MR) is 141 cm³/mol. The summed E-state index contributed by atoms with van der Waals surface area (Å²) < 4.78 is 34.1. The lowest BCUT2D eigenvalue weighted by Gasteiger charge is -2.30. The van der Waals surface area contributed by atoms with E-state index in [1.165, 1.54) is 50.5 Å². The van der Waals surface area contributed by atoms with Gasteiger partial charge in [0.2, 0.25) is 0 Å². The predicted octanol–water partition coefficient (Wildman–Crippen LogP) is 6.83. The molecule has 0 radical (unpaired) electrons. The normalized spacial score (nSPS) is 16.5. The number of ether oxygens (including phenoxy) is 3. The fourth-order valence-corrected chi connectivity index (χ4v) is 4.44. The van der Waals surface area contributed by atoms with Gasteiger partial charge in [0.1, 0.15) is 12.4 Å². The third-order valence-electron chi connectivity index (χ3n) is 6.36. The highest BCUT2D eigenvalue weighted by molar-refractivity contribution is 7.46. The Labute approximate surface area is 213 Å². The van der Waals surface area contributed by atoms with E-state index in [0.717, 1.165) is 18.6 Å². The second-order valence-corrected chi connectivity index (χ2v) is 10.7. The molecule has 0 saturated carbocycles. The van der Waals surface area contributed by atoms with Crippen molar-refractivity contribution in [2.45, 2.75) is 130 Å². The topological polar surface area (TPSA) is 94.5 Å². The van der Waals surface area contributed by atoms with Crippen molar-refractivity contribution in [3.05, 3.63) is 29.8 Å². The van der Waals surface area contributed by atoms with Gasteiger partial charge in [0, 0.05) is 0 Å². The molecule has 2 N–H and O–H groups in total. The summed E-state index contributed by atoms with van der Waals surface area (Å²) in [6, 6.07) is 8.25. The van der Waals surface area contributed by atoms with Crippen molar-refractivity contribution in [3.63, 3.8) is 0 Å². The van der Waals surface area contributed by atoms with E-state index < -0.39 is 20.0 Å². The van der Waals surface area contributed by atoms with Gasteiger partial charge in [-0.3, -0.25) is 4.52 Å². The highest BCUT2D eigenvalue weighted by Gasteiger charge is 2.27. The number of hydrogen-bond acceptors (Lipinski definition) is 5. The number of unbranched alkanes of at least 4 members (excludes halogenated alkanes) is 6. The minimum absolute atomic E-state index is 0.0956. The molecule has 0 spiro atoms. The molecule has 5 unspecified atom stereocenters. The Morgan fingerprint density at radius 2 is 1.37 bits per heavy atom. The summed E-state index contributed by atoms with van der Waals surface area (Å²) in [5.41, 5.74) is 1.24. The Kier molecular flexibility index (Phi) is 16.0. The van der Waals surface area contributed by atoms with E-state index in [9.17, 15) is 4.57 Å². The maximum Gasteiger partial charge on any atom is 0.469 e. The maximum atomic E-state index is 11.1. The van der Waals surface area contributed by atoms with Crippen LogP contribution >= 0.6 is 7.82 Å². The summed E-state index contributed by atoms with van der Waals surface area (Å²) in [6.45, 7) is 11.9. The molecular weight excluding hydrogens is 467 g/mol. The van der Waals surface area contributed by atoms with Gasteiger partial charge < -0.3 is 24.0 Å². The first-order chi connectivity index (χ1) is 16.6. The van der Waals surface area contributed by atoms with Crippen LogP contribution in [0.3, 0.4) is 0 Å². The van der Waals surface area contributed by atoms with Crippen LogP contribution in [0.4, 0.5) is 0 Å². The lowest BCUT2D eigenvalue weighted by molar-refractivity contribution is -0.130. The average molecular weight is 517 g/mol. The first-order valence-electron chi connectivity index (χ1n) is 13.3. The second kappa shape index (κ2) is 17.5. The molecule has 0 saturated heterocycles. The summed E-state index contributed by atoms with van der Waals surface area (Å²) in [5.74, 6) is 0.925. The number of rotatable bonds is 20. The zero-order chi connectivity index (χ0) is 26.3. The monoisotopic (exact) mass is 516 g/mol. The minimum atomic E-state index is -4.56. The fraction of sp³-hybridized carbons (Fsp3) is 0.778. The van der Waals surface area contributed by atoms with Crippen molar-refractivity contribution in [2.24, 2.45) is 0 Å². The van der Waals surface area contributed by atoms with Crippen LogP contribution in [0.1, 0.15) is 98.5 Å². The molecule has 204 valence electrons. The maximum absolute atomic E-state index is 11.1. The summed E-state index contributed by atoms with van der Waals surface area (Å²) in [6.07, 6.45) is 8.99. The fourth-order valence-electron chi connectivity index (χ4n) is 3.84. The first-order valence-corrected chi connectivity index (χ1v) is 14.9. The van der Waals surface area contributed by atoms with Crippen LogP contribution in [-0.2, 0) is 25.0 Å². The van der Waals surface area contributed by atoms with Crippen LogP contribution < -0.4 is 4.74 Å². The van der Waals surface area contributed by atoms with Gasteiger partial charge in [-0.15, -0.1) is 0 Å². The molecule has 8 heteroatoms. The minimum Gasteiger partial charge on any atom is -0.491 e. The Morgan fingerprint density at radius 3 is 2.00 bits per heavy atom. The Bertz CT molecular complexity index is 723. The van der Waals surface area contributed by atoms with Crippen molar-refractivity contribution in [1.82, 2.24) is 0 Å². The summed E-state index contributed by atoms with van der Waals surface area (Å²) >= 11 is 0. The van der Waals surface area contributed by atoms with Crippen LogP contribution in [-0.4, -0.2) is 46.9 Å². The molecular formula is C27H49O7P. The zero-order valence-electron chi connectivity index (χ0n) is 22.7. The average Bonchev–Trinajstić information content (AvgIpc) is 2.80. The molecule has 0 aliphatic rings. The van der Waals surface area contributed by atoms with Crippen LogP contribution in [0.25, 0.3) is 0 Å². The zero-order valence-corrected chi connectivity index (χ0v) is 23.5. The van der Waals surface area contributed by atoms with E-state index in [0.29, 0.717) is 6.61 Å². The molecule has 1 aromatic rings. The van der Waals surface area contributed by atoms with E-state index in [1.807, 2.05) is 26.0 Å². The van der Waals surface area contributed by atoms with Gasteiger partial charge >= 0.3 is 7.82 Å². The number of aryl methyl sites for hydroxylation is 1. The number of benzene rings is 1. The van der Waals surface area contributed by atoms with Gasteiger partial charge in [0.25, 0.3) is 0 Å². The Hall–Kier alpha value is -0.950. The Morgan fingerprint density at radius 1 is 0.800 bits per heavy atom. The van der Waals surface area contributed by atoms with Crippen molar-refractivity contribution < 1.29 is 33.1 Å². The highest BCUT2D eigenvalue weighted by atomic mass is 31.2. The van der Waals surface area contributed by atoms with Crippen LogP contribution in [0.2, 0.25) is 0 Å². The first kappa shape index (κ1) is 32.1. The molecule has 7 nitrogen and oxygen atoms in total. The second-order valence-electron chi connectivity index (χ2n) is 9.51. The van der Waals surface area contributed by atoms with Crippen molar-refractivity contribution in [1.29, 1.82) is 0 Å². The molecule has 0 amide bonds. The van der Waals surface area contributed by atoms with Crippen LogP contribution in [0.5, 0.6) is 5.75 Å². The molecule has 0 aromatic heterocycles. The van der Waals surface area contributed by atoms with Gasteiger partial charge in [-0.25, -0.2) is 4.57 Å². The molecule has 1 rings (SSSR count). The summed E-state index contributed by atoms with van der Waals surface area (Å²) in [4.78, 5) is 18.0. The standard InChI is InChI=1S/C27H49O7P/c1-7-9-10-11-12-13-14-17-25-18-15-16-19-27(25)31-20-26(8-2)33-22(4)21(3)32-23(5)24(6)34-35(28,29)30/h15-16,18-19,21-24,26H,7-14,17,20H2,1-6H3,(H2,28,29,30). The summed E-state index contributed by atoms with van der Waals surface area (Å²) in [5, 5.41) is 0. The van der Waals surface area contributed by atoms with E-state index >= 15 is 0 Å². The molecule has 0 bridgehead atoms. The smallest absolute Gasteiger partial charge is 0.469 e. The van der Waals surface area contributed by atoms with Crippen LogP contribution in [0, 0.1) is 0 Å². The molecule has 5 atom stereocenters. The molecule has 0 aliphatic heterocycles. The van der Waals surface area contributed by atoms with Gasteiger partial charge in [-0.05, 0) is 58.6 Å². The largest absolute Gasteiger partial charge is 0.491 e. The van der Waals surface area contributed by atoms with Gasteiger partial charge in [0.15, 0.2) is 0 Å². The molecule has 0 aliphatic carbocycles. The third kappa shape index (κ3) is 14.4. The molecule has 35 heavy (non-hydrogen) atoms. The molecule has 0 fully saturated rings. The summed E-state index contributed by atoms with van der Waals surface area (Å²) in [7, 11) is -4.56. The van der Waals surface area contributed by atoms with Gasteiger partial charge in [-0.2, -0.15) is 0 Å². The third-order valence-corrected chi connectivity index (χ3v) is 6.97. The SMILES string of the molecule is CCCCCCCCCc1ccccc1OCC(CC)OC(C)C(C)OC(C)C(C)OP(=O)(O)O. The quantitative estimate of drug-likeness (QED) is 0.145. The van der Waals surface area contributed by atoms with E-state index in [4.69, 9.17) is 28.5 Å². The number of para-hydroxylation sites is 1. The van der Waals surface area contributed by atoms with Crippen molar-refractivity contribution in [3.8, 4) is 5.75 Å². The highest BCUT2D eigenvalue weighted by Crippen LogP contribution is 2.38. The van der Waals surface area contributed by atoms with Crippen LogP contribution in [0.15, 0.2) is 24.3 Å².